The molecule has 1 heterocycles. The highest BCUT2D eigenvalue weighted by atomic mass is 16.3. The van der Waals surface area contributed by atoms with Gasteiger partial charge >= 0.3 is 6.03 Å². The summed E-state index contributed by atoms with van der Waals surface area (Å²) in [7, 11) is 0. The van der Waals surface area contributed by atoms with Crippen LogP contribution >= 0.6 is 0 Å². The highest BCUT2D eigenvalue weighted by Gasteiger charge is 2.26. The summed E-state index contributed by atoms with van der Waals surface area (Å²) in [6.07, 6.45) is 1.73. The van der Waals surface area contributed by atoms with Crippen LogP contribution in [0.25, 0.3) is 0 Å². The van der Waals surface area contributed by atoms with Crippen molar-refractivity contribution < 1.29 is 9.90 Å². The lowest BCUT2D eigenvalue weighted by atomic mass is 9.99. The summed E-state index contributed by atoms with van der Waals surface area (Å²) in [5.41, 5.74) is 2.58. The molecule has 1 aliphatic heterocycles. The van der Waals surface area contributed by atoms with E-state index in [1.54, 1.807) is 4.90 Å². The molecular weight excluding hydrogens is 276 g/mol. The summed E-state index contributed by atoms with van der Waals surface area (Å²) in [6, 6.07) is 8.72. The average molecular weight is 304 g/mol. The lowest BCUT2D eigenvalue weighted by Gasteiger charge is -2.21. The quantitative estimate of drug-likeness (QED) is 0.879. The van der Waals surface area contributed by atoms with E-state index in [1.807, 2.05) is 6.92 Å². The first-order chi connectivity index (χ1) is 10.5. The number of aliphatic hydroxyl groups excluding tert-OH is 1. The Kier molecular flexibility index (Phi) is 5.83. The second-order valence-electron chi connectivity index (χ2n) is 6.73. The minimum Gasteiger partial charge on any atom is -0.396 e. The average Bonchev–Trinajstić information content (AvgIpc) is 2.96. The van der Waals surface area contributed by atoms with Gasteiger partial charge in [-0.15, -0.1) is 0 Å². The molecule has 0 aliphatic carbocycles. The molecule has 22 heavy (non-hydrogen) atoms. The van der Waals surface area contributed by atoms with Gasteiger partial charge in [-0.2, -0.15) is 0 Å². The Hall–Kier alpha value is -1.55. The van der Waals surface area contributed by atoms with Gasteiger partial charge in [0.2, 0.25) is 0 Å². The fourth-order valence-corrected chi connectivity index (χ4v) is 2.91. The Labute approximate surface area is 133 Å². The largest absolute Gasteiger partial charge is 0.396 e. The summed E-state index contributed by atoms with van der Waals surface area (Å²) in [5.74, 6) is 0.783. The zero-order chi connectivity index (χ0) is 16.1. The predicted molar refractivity (Wildman–Crippen MR) is 89.0 cm³/mol. The van der Waals surface area contributed by atoms with Gasteiger partial charge in [-0.3, -0.25) is 0 Å². The van der Waals surface area contributed by atoms with Crippen molar-refractivity contribution in [1.82, 2.24) is 10.2 Å². The van der Waals surface area contributed by atoms with Gasteiger partial charge < -0.3 is 15.3 Å². The Bertz CT molecular complexity index is 484. The molecule has 4 heteroatoms. The van der Waals surface area contributed by atoms with E-state index >= 15 is 0 Å². The summed E-state index contributed by atoms with van der Waals surface area (Å²) in [5, 5.41) is 12.2. The van der Waals surface area contributed by atoms with Crippen molar-refractivity contribution in [2.75, 3.05) is 19.7 Å². The van der Waals surface area contributed by atoms with Gasteiger partial charge in [0.05, 0.1) is 0 Å². The molecule has 1 aromatic rings. The normalized spacial score (nSPS) is 19.5. The first-order valence-corrected chi connectivity index (χ1v) is 8.24. The van der Waals surface area contributed by atoms with Crippen LogP contribution in [-0.2, 0) is 6.42 Å². The molecule has 4 nitrogen and oxygen atoms in total. The number of hydrogen-bond donors (Lipinski definition) is 2. The fourth-order valence-electron chi connectivity index (χ4n) is 2.91. The van der Waals surface area contributed by atoms with E-state index in [-0.39, 0.29) is 24.6 Å². The molecule has 2 rings (SSSR count). The Morgan fingerprint density at radius 1 is 1.32 bits per heavy atom. The van der Waals surface area contributed by atoms with Crippen LogP contribution in [0.15, 0.2) is 24.3 Å². The maximum absolute atomic E-state index is 12.2. The summed E-state index contributed by atoms with van der Waals surface area (Å²) < 4.78 is 0. The van der Waals surface area contributed by atoms with Crippen LogP contribution in [-0.4, -0.2) is 41.8 Å². The zero-order valence-electron chi connectivity index (χ0n) is 13.9. The van der Waals surface area contributed by atoms with Gasteiger partial charge in [0, 0.05) is 31.7 Å². The molecular formula is C18H28N2O2. The SMILES string of the molecule is CC(Cc1ccc(C(C)C)cc1)NC(=O)N1CCC(CO)C1. The molecule has 0 aromatic heterocycles. The number of hydrogen-bond acceptors (Lipinski definition) is 2. The van der Waals surface area contributed by atoms with Crippen LogP contribution in [0.5, 0.6) is 0 Å². The number of nitrogens with zero attached hydrogens (tertiary/aromatic N) is 1. The molecule has 2 N–H and O–H groups in total. The third-order valence-corrected chi connectivity index (χ3v) is 4.39. The van der Waals surface area contributed by atoms with Crippen LogP contribution in [0.1, 0.15) is 44.2 Å². The molecule has 0 bridgehead atoms. The third kappa shape index (κ3) is 4.47. The van der Waals surface area contributed by atoms with E-state index in [0.717, 1.165) is 19.4 Å². The Balaban J connectivity index is 1.82. The number of carbonyl (C=O) groups is 1. The predicted octanol–water partition coefficient (Wildman–Crippen LogP) is 2.76. The molecule has 2 atom stereocenters. The number of likely N-dealkylation sites (tertiary alicyclic amines) is 1. The number of carbonyl (C=O) groups excluding carboxylic acids is 1. The molecule has 1 aromatic carbocycles. The topological polar surface area (TPSA) is 52.6 Å². The van der Waals surface area contributed by atoms with E-state index in [2.05, 4.69) is 43.4 Å². The second-order valence-corrected chi connectivity index (χ2v) is 6.73. The van der Waals surface area contributed by atoms with E-state index in [4.69, 9.17) is 5.11 Å². The van der Waals surface area contributed by atoms with Crippen molar-refractivity contribution in [1.29, 1.82) is 0 Å². The number of rotatable bonds is 5. The smallest absolute Gasteiger partial charge is 0.317 e. The molecule has 0 spiro atoms. The van der Waals surface area contributed by atoms with Crippen LogP contribution in [0, 0.1) is 5.92 Å². The van der Waals surface area contributed by atoms with Crippen molar-refractivity contribution in [2.45, 2.75) is 45.6 Å². The first-order valence-electron chi connectivity index (χ1n) is 8.24. The minimum atomic E-state index is -0.0118. The van der Waals surface area contributed by atoms with Crippen LogP contribution in [0.2, 0.25) is 0 Å². The molecule has 1 saturated heterocycles. The minimum absolute atomic E-state index is 0.0118. The van der Waals surface area contributed by atoms with E-state index in [9.17, 15) is 4.79 Å². The summed E-state index contributed by atoms with van der Waals surface area (Å²) in [4.78, 5) is 14.0. The van der Waals surface area contributed by atoms with Crippen molar-refractivity contribution in [3.05, 3.63) is 35.4 Å². The van der Waals surface area contributed by atoms with Crippen molar-refractivity contribution in [2.24, 2.45) is 5.92 Å². The molecule has 2 unspecified atom stereocenters. The highest BCUT2D eigenvalue weighted by molar-refractivity contribution is 5.74. The molecule has 1 fully saturated rings. The maximum Gasteiger partial charge on any atom is 0.317 e. The summed E-state index contributed by atoms with van der Waals surface area (Å²) in [6.45, 7) is 7.99. The molecule has 0 saturated carbocycles. The lowest BCUT2D eigenvalue weighted by molar-refractivity contribution is 0.195. The zero-order valence-corrected chi connectivity index (χ0v) is 13.9. The van der Waals surface area contributed by atoms with Gasteiger partial charge in [-0.25, -0.2) is 4.79 Å². The number of amides is 2. The van der Waals surface area contributed by atoms with Gasteiger partial charge in [0.1, 0.15) is 0 Å². The fraction of sp³-hybridized carbons (Fsp3) is 0.611. The molecule has 0 radical (unpaired) electrons. The number of urea groups is 1. The van der Waals surface area contributed by atoms with Gasteiger partial charge in [-0.1, -0.05) is 38.1 Å². The second kappa shape index (κ2) is 7.63. The van der Waals surface area contributed by atoms with Gasteiger partial charge in [0.15, 0.2) is 0 Å². The van der Waals surface area contributed by atoms with Crippen molar-refractivity contribution >= 4 is 6.03 Å². The molecule has 122 valence electrons. The molecule has 2 amide bonds. The van der Waals surface area contributed by atoms with Crippen LogP contribution in [0.4, 0.5) is 4.79 Å². The summed E-state index contributed by atoms with van der Waals surface area (Å²) >= 11 is 0. The Morgan fingerprint density at radius 3 is 2.55 bits per heavy atom. The maximum atomic E-state index is 12.2. The van der Waals surface area contributed by atoms with Gasteiger partial charge in [0.25, 0.3) is 0 Å². The standard InChI is InChI=1S/C18H28N2O2/c1-13(2)17-6-4-15(5-7-17)10-14(3)19-18(22)20-9-8-16(11-20)12-21/h4-7,13-14,16,21H,8-12H2,1-3H3,(H,19,22). The van der Waals surface area contributed by atoms with E-state index in [1.165, 1.54) is 11.1 Å². The number of aliphatic hydroxyl groups is 1. The lowest BCUT2D eigenvalue weighted by Crippen LogP contribution is -2.43. The number of benzene rings is 1. The first kappa shape index (κ1) is 16.8. The Morgan fingerprint density at radius 2 is 2.00 bits per heavy atom. The van der Waals surface area contributed by atoms with Crippen molar-refractivity contribution in [3.63, 3.8) is 0 Å². The third-order valence-electron chi connectivity index (χ3n) is 4.39. The van der Waals surface area contributed by atoms with Crippen LogP contribution in [0.3, 0.4) is 0 Å². The number of nitrogens with one attached hydrogen (secondary N) is 1. The highest BCUT2D eigenvalue weighted by Crippen LogP contribution is 2.17. The monoisotopic (exact) mass is 304 g/mol. The van der Waals surface area contributed by atoms with Crippen LogP contribution < -0.4 is 5.32 Å². The van der Waals surface area contributed by atoms with Gasteiger partial charge in [-0.05, 0) is 36.8 Å². The molecule has 1 aliphatic rings. The van der Waals surface area contributed by atoms with E-state index in [0.29, 0.717) is 12.5 Å². The van der Waals surface area contributed by atoms with E-state index < -0.39 is 0 Å². The van der Waals surface area contributed by atoms with Crippen molar-refractivity contribution in [3.8, 4) is 0 Å².